The van der Waals surface area contributed by atoms with Crippen LogP contribution in [-0.2, 0) is 21.3 Å². The molecular formula is C20H23N3O4S2. The summed E-state index contributed by atoms with van der Waals surface area (Å²) < 4.78 is 31.4. The SMILES string of the molecule is CCOCCn1c(=NC(=O)c2ccc(C)c(C)c2)sc2cc(S(N)(=O)=O)ccc21. The Labute approximate surface area is 173 Å². The van der Waals surface area contributed by atoms with E-state index in [-0.39, 0.29) is 10.8 Å². The molecule has 0 saturated carbocycles. The Bertz CT molecular complexity index is 1240. The average Bonchev–Trinajstić information content (AvgIpc) is 3.00. The van der Waals surface area contributed by atoms with Gasteiger partial charge < -0.3 is 9.30 Å². The minimum Gasteiger partial charge on any atom is -0.380 e. The second-order valence-corrected chi connectivity index (χ2v) is 9.19. The van der Waals surface area contributed by atoms with Crippen LogP contribution >= 0.6 is 11.3 Å². The van der Waals surface area contributed by atoms with E-state index in [0.29, 0.717) is 34.8 Å². The number of amides is 1. The zero-order valence-corrected chi connectivity index (χ0v) is 18.1. The fourth-order valence-corrected chi connectivity index (χ4v) is 4.57. The summed E-state index contributed by atoms with van der Waals surface area (Å²) in [7, 11) is -3.82. The number of ether oxygens (including phenoxy) is 1. The van der Waals surface area contributed by atoms with E-state index in [1.54, 1.807) is 12.1 Å². The van der Waals surface area contributed by atoms with E-state index < -0.39 is 10.0 Å². The first kappa shape index (κ1) is 21.4. The van der Waals surface area contributed by atoms with Gasteiger partial charge in [0.1, 0.15) is 0 Å². The summed E-state index contributed by atoms with van der Waals surface area (Å²) in [5.74, 6) is -0.350. The van der Waals surface area contributed by atoms with Gasteiger partial charge in [0.05, 0.1) is 21.7 Å². The molecule has 7 nitrogen and oxygen atoms in total. The molecular weight excluding hydrogens is 410 g/mol. The Hall–Kier alpha value is -2.33. The number of primary sulfonamides is 1. The number of carbonyl (C=O) groups excluding carboxylic acids is 1. The van der Waals surface area contributed by atoms with Gasteiger partial charge in [0.15, 0.2) is 4.80 Å². The lowest BCUT2D eigenvalue weighted by Crippen LogP contribution is -2.20. The van der Waals surface area contributed by atoms with Crippen molar-refractivity contribution in [1.29, 1.82) is 0 Å². The summed E-state index contributed by atoms with van der Waals surface area (Å²) in [6.07, 6.45) is 0. The highest BCUT2D eigenvalue weighted by Crippen LogP contribution is 2.21. The molecule has 1 heterocycles. The van der Waals surface area contributed by atoms with E-state index in [9.17, 15) is 13.2 Å². The highest BCUT2D eigenvalue weighted by atomic mass is 32.2. The molecule has 2 aromatic carbocycles. The number of aromatic nitrogens is 1. The highest BCUT2D eigenvalue weighted by Gasteiger charge is 2.14. The summed E-state index contributed by atoms with van der Waals surface area (Å²) in [6.45, 7) is 7.35. The van der Waals surface area contributed by atoms with Crippen molar-refractivity contribution in [3.05, 3.63) is 57.9 Å². The van der Waals surface area contributed by atoms with E-state index in [0.717, 1.165) is 16.6 Å². The van der Waals surface area contributed by atoms with Crippen LogP contribution in [0.2, 0.25) is 0 Å². The number of aryl methyl sites for hydroxylation is 2. The Morgan fingerprint density at radius 3 is 2.59 bits per heavy atom. The Morgan fingerprint density at radius 1 is 1.17 bits per heavy atom. The molecule has 1 aromatic heterocycles. The van der Waals surface area contributed by atoms with Gasteiger partial charge in [-0.1, -0.05) is 17.4 Å². The van der Waals surface area contributed by atoms with Gasteiger partial charge in [-0.3, -0.25) is 4.79 Å². The molecule has 2 N–H and O–H groups in total. The molecule has 154 valence electrons. The molecule has 3 aromatic rings. The number of rotatable bonds is 6. The van der Waals surface area contributed by atoms with Crippen molar-refractivity contribution in [2.75, 3.05) is 13.2 Å². The van der Waals surface area contributed by atoms with Crippen LogP contribution < -0.4 is 9.94 Å². The van der Waals surface area contributed by atoms with Crippen molar-refractivity contribution in [3.63, 3.8) is 0 Å². The number of hydrogen-bond donors (Lipinski definition) is 1. The van der Waals surface area contributed by atoms with Gasteiger partial charge in [0, 0.05) is 18.7 Å². The summed E-state index contributed by atoms with van der Waals surface area (Å²) in [4.78, 5) is 17.6. The minimum atomic E-state index is -3.82. The number of nitrogens with two attached hydrogens (primary N) is 1. The monoisotopic (exact) mass is 433 g/mol. The zero-order valence-electron chi connectivity index (χ0n) is 16.5. The topological polar surface area (TPSA) is 104 Å². The maximum absolute atomic E-state index is 12.7. The lowest BCUT2D eigenvalue weighted by Gasteiger charge is -2.06. The second-order valence-electron chi connectivity index (χ2n) is 6.62. The van der Waals surface area contributed by atoms with Crippen LogP contribution in [0.25, 0.3) is 10.2 Å². The van der Waals surface area contributed by atoms with Gasteiger partial charge in [-0.15, -0.1) is 0 Å². The molecule has 0 aliphatic heterocycles. The molecule has 29 heavy (non-hydrogen) atoms. The Balaban J connectivity index is 2.12. The van der Waals surface area contributed by atoms with E-state index in [1.165, 1.54) is 23.5 Å². The maximum atomic E-state index is 12.7. The summed E-state index contributed by atoms with van der Waals surface area (Å²) in [5, 5.41) is 5.25. The molecule has 0 atom stereocenters. The van der Waals surface area contributed by atoms with Gasteiger partial charge >= 0.3 is 0 Å². The third-order valence-electron chi connectivity index (χ3n) is 4.60. The first-order valence-corrected chi connectivity index (χ1v) is 11.5. The molecule has 0 saturated heterocycles. The van der Waals surface area contributed by atoms with Crippen LogP contribution in [0.15, 0.2) is 46.3 Å². The van der Waals surface area contributed by atoms with E-state index in [4.69, 9.17) is 9.88 Å². The smallest absolute Gasteiger partial charge is 0.279 e. The molecule has 9 heteroatoms. The standard InChI is InChI=1S/C20H23N3O4S2/c1-4-27-10-9-23-17-8-7-16(29(21,25)26)12-18(17)28-20(23)22-19(24)15-6-5-13(2)14(3)11-15/h5-8,11-12H,4,9-10H2,1-3H3,(H2,21,25,26). The molecule has 0 unspecified atom stereocenters. The maximum Gasteiger partial charge on any atom is 0.279 e. The van der Waals surface area contributed by atoms with Crippen molar-refractivity contribution in [3.8, 4) is 0 Å². The number of nitrogens with zero attached hydrogens (tertiary/aromatic N) is 2. The van der Waals surface area contributed by atoms with Crippen molar-refractivity contribution in [1.82, 2.24) is 4.57 Å². The number of hydrogen-bond acceptors (Lipinski definition) is 5. The molecule has 0 fully saturated rings. The van der Waals surface area contributed by atoms with E-state index in [2.05, 4.69) is 4.99 Å². The van der Waals surface area contributed by atoms with Crippen molar-refractivity contribution >= 4 is 37.5 Å². The fourth-order valence-electron chi connectivity index (χ4n) is 2.86. The van der Waals surface area contributed by atoms with Crippen molar-refractivity contribution in [2.45, 2.75) is 32.2 Å². The van der Waals surface area contributed by atoms with Crippen LogP contribution in [0, 0.1) is 13.8 Å². The Morgan fingerprint density at radius 2 is 1.93 bits per heavy atom. The highest BCUT2D eigenvalue weighted by molar-refractivity contribution is 7.89. The Kier molecular flexibility index (Phi) is 6.33. The first-order chi connectivity index (χ1) is 13.7. The summed E-state index contributed by atoms with van der Waals surface area (Å²) in [6, 6.07) is 10.1. The third-order valence-corrected chi connectivity index (χ3v) is 6.55. The average molecular weight is 434 g/mol. The number of carbonyl (C=O) groups is 1. The molecule has 0 aliphatic rings. The number of sulfonamides is 1. The second kappa shape index (κ2) is 8.58. The van der Waals surface area contributed by atoms with Crippen LogP contribution in [-0.4, -0.2) is 32.1 Å². The van der Waals surface area contributed by atoms with Crippen molar-refractivity contribution < 1.29 is 17.9 Å². The lowest BCUT2D eigenvalue weighted by atomic mass is 10.1. The third kappa shape index (κ3) is 4.81. The zero-order chi connectivity index (χ0) is 21.2. The van der Waals surface area contributed by atoms with Crippen LogP contribution in [0.3, 0.4) is 0 Å². The molecule has 0 spiro atoms. The van der Waals surface area contributed by atoms with Gasteiger partial charge in [-0.25, -0.2) is 13.6 Å². The molecule has 0 radical (unpaired) electrons. The van der Waals surface area contributed by atoms with E-state index in [1.807, 2.05) is 37.5 Å². The van der Waals surface area contributed by atoms with Crippen molar-refractivity contribution in [2.24, 2.45) is 10.1 Å². The largest absolute Gasteiger partial charge is 0.380 e. The number of benzene rings is 2. The van der Waals surface area contributed by atoms with Crippen LogP contribution in [0.5, 0.6) is 0 Å². The summed E-state index contributed by atoms with van der Waals surface area (Å²) in [5.41, 5.74) is 3.40. The molecule has 0 aliphatic carbocycles. The summed E-state index contributed by atoms with van der Waals surface area (Å²) >= 11 is 1.24. The lowest BCUT2D eigenvalue weighted by molar-refractivity contribution is 0.0996. The van der Waals surface area contributed by atoms with Gasteiger partial charge in [-0.05, 0) is 62.2 Å². The number of fused-ring (bicyclic) bond motifs is 1. The predicted molar refractivity (Wildman–Crippen MR) is 113 cm³/mol. The first-order valence-electron chi connectivity index (χ1n) is 9.11. The van der Waals surface area contributed by atoms with Crippen LogP contribution in [0.4, 0.5) is 0 Å². The quantitative estimate of drug-likeness (QED) is 0.604. The molecule has 3 rings (SSSR count). The molecule has 1 amide bonds. The normalized spacial score (nSPS) is 12.6. The van der Waals surface area contributed by atoms with E-state index >= 15 is 0 Å². The van der Waals surface area contributed by atoms with Gasteiger partial charge in [0.2, 0.25) is 10.0 Å². The molecule has 0 bridgehead atoms. The minimum absolute atomic E-state index is 0.0234. The van der Waals surface area contributed by atoms with Gasteiger partial charge in [-0.2, -0.15) is 4.99 Å². The number of thiazole rings is 1. The predicted octanol–water partition coefficient (Wildman–Crippen LogP) is 2.74. The van der Waals surface area contributed by atoms with Crippen LogP contribution in [0.1, 0.15) is 28.4 Å². The fraction of sp³-hybridized carbons (Fsp3) is 0.300. The van der Waals surface area contributed by atoms with Gasteiger partial charge in [0.25, 0.3) is 5.91 Å².